The number of nitrogens with zero attached hydrogens (tertiary/aromatic N) is 3. The van der Waals surface area contributed by atoms with Gasteiger partial charge in [0.25, 0.3) is 5.91 Å². The van der Waals surface area contributed by atoms with E-state index in [0.29, 0.717) is 28.5 Å². The van der Waals surface area contributed by atoms with Gasteiger partial charge in [0.1, 0.15) is 5.52 Å². The highest BCUT2D eigenvalue weighted by molar-refractivity contribution is 6.05. The first-order chi connectivity index (χ1) is 14.1. The van der Waals surface area contributed by atoms with E-state index < -0.39 is 0 Å². The van der Waals surface area contributed by atoms with E-state index in [1.165, 1.54) is 12.8 Å². The predicted molar refractivity (Wildman–Crippen MR) is 114 cm³/mol. The topological polar surface area (TPSA) is 61.6 Å². The standard InChI is InChI=1S/C23H26N4O2/c1-26(2)19-8-4-3-6-16(19)23-25-21-17(7-5-9-20(21)29-23)22(28)24-18-14-27-12-10-15(18)11-13-27/h3-9,15,18H,10-14H2,1-2H3,(H,24,28)/t18-/m1/s1. The van der Waals surface area contributed by atoms with Gasteiger partial charge in [0.15, 0.2) is 5.58 Å². The summed E-state index contributed by atoms with van der Waals surface area (Å²) in [5.74, 6) is 1.06. The second-order valence-electron chi connectivity index (χ2n) is 8.30. The van der Waals surface area contributed by atoms with E-state index >= 15 is 0 Å². The average molecular weight is 390 g/mol. The fourth-order valence-corrected chi connectivity index (χ4v) is 4.67. The quantitative estimate of drug-likeness (QED) is 0.740. The molecule has 0 spiro atoms. The Morgan fingerprint density at radius 1 is 1.14 bits per heavy atom. The highest BCUT2D eigenvalue weighted by Gasteiger charge is 2.35. The van der Waals surface area contributed by atoms with Crippen LogP contribution >= 0.6 is 0 Å². The summed E-state index contributed by atoms with van der Waals surface area (Å²) in [4.78, 5) is 22.3. The number of carbonyl (C=O) groups is 1. The van der Waals surface area contributed by atoms with Crippen molar-refractivity contribution in [2.24, 2.45) is 5.92 Å². The zero-order valence-electron chi connectivity index (χ0n) is 16.9. The molecule has 29 heavy (non-hydrogen) atoms. The molecule has 0 radical (unpaired) electrons. The maximum Gasteiger partial charge on any atom is 0.253 e. The zero-order valence-corrected chi connectivity index (χ0v) is 16.9. The van der Waals surface area contributed by atoms with Gasteiger partial charge in [-0.3, -0.25) is 4.79 Å². The first-order valence-corrected chi connectivity index (χ1v) is 10.3. The van der Waals surface area contributed by atoms with Crippen LogP contribution in [0.15, 0.2) is 46.9 Å². The summed E-state index contributed by atoms with van der Waals surface area (Å²) in [5.41, 5.74) is 3.77. The van der Waals surface area contributed by atoms with Crippen LogP contribution in [0.25, 0.3) is 22.6 Å². The molecule has 4 heterocycles. The first-order valence-electron chi connectivity index (χ1n) is 10.3. The number of amides is 1. The Morgan fingerprint density at radius 3 is 2.66 bits per heavy atom. The van der Waals surface area contributed by atoms with Crippen molar-refractivity contribution in [3.63, 3.8) is 0 Å². The van der Waals surface area contributed by atoms with Crippen LogP contribution in [-0.4, -0.2) is 55.6 Å². The second kappa shape index (κ2) is 7.19. The van der Waals surface area contributed by atoms with Crippen LogP contribution in [-0.2, 0) is 0 Å². The number of fused-ring (bicyclic) bond motifs is 4. The molecule has 0 saturated carbocycles. The Hall–Kier alpha value is -2.86. The van der Waals surface area contributed by atoms with Crippen molar-refractivity contribution in [3.8, 4) is 11.5 Å². The van der Waals surface area contributed by atoms with Crippen LogP contribution in [0.2, 0.25) is 0 Å². The Bertz CT molecular complexity index is 1050. The summed E-state index contributed by atoms with van der Waals surface area (Å²) in [7, 11) is 3.99. The van der Waals surface area contributed by atoms with Crippen molar-refractivity contribution in [1.29, 1.82) is 0 Å². The molecule has 2 aromatic carbocycles. The van der Waals surface area contributed by atoms with E-state index in [4.69, 9.17) is 9.40 Å². The number of nitrogens with one attached hydrogen (secondary N) is 1. The number of hydrogen-bond acceptors (Lipinski definition) is 5. The molecule has 3 saturated heterocycles. The lowest BCUT2D eigenvalue weighted by Crippen LogP contribution is -2.57. The molecule has 2 bridgehead atoms. The van der Waals surface area contributed by atoms with Crippen LogP contribution < -0.4 is 10.2 Å². The Kier molecular flexibility index (Phi) is 4.51. The lowest BCUT2D eigenvalue weighted by molar-refractivity contribution is 0.0621. The van der Waals surface area contributed by atoms with Gasteiger partial charge >= 0.3 is 0 Å². The van der Waals surface area contributed by atoms with E-state index in [9.17, 15) is 4.79 Å². The molecule has 1 N–H and O–H groups in total. The summed E-state index contributed by atoms with van der Waals surface area (Å²) in [6.07, 6.45) is 2.34. The van der Waals surface area contributed by atoms with Gasteiger partial charge in [0, 0.05) is 32.4 Å². The molecule has 1 atom stereocenters. The largest absolute Gasteiger partial charge is 0.436 e. The van der Waals surface area contributed by atoms with E-state index in [-0.39, 0.29) is 11.9 Å². The van der Waals surface area contributed by atoms with Gasteiger partial charge < -0.3 is 19.5 Å². The van der Waals surface area contributed by atoms with Crippen molar-refractivity contribution in [3.05, 3.63) is 48.0 Å². The van der Waals surface area contributed by atoms with Crippen molar-refractivity contribution >= 4 is 22.7 Å². The molecule has 0 unspecified atom stereocenters. The lowest BCUT2D eigenvalue weighted by atomic mass is 9.84. The van der Waals surface area contributed by atoms with Crippen LogP contribution in [0.5, 0.6) is 0 Å². The average Bonchev–Trinajstić information content (AvgIpc) is 3.19. The number of para-hydroxylation sites is 2. The van der Waals surface area contributed by atoms with E-state index in [1.807, 2.05) is 61.5 Å². The summed E-state index contributed by atoms with van der Waals surface area (Å²) in [6.45, 7) is 3.27. The first kappa shape index (κ1) is 18.2. The van der Waals surface area contributed by atoms with Crippen LogP contribution in [0.1, 0.15) is 23.2 Å². The normalized spacial score (nSPS) is 23.3. The maximum atomic E-state index is 13.1. The van der Waals surface area contributed by atoms with Crippen molar-refractivity contribution in [1.82, 2.24) is 15.2 Å². The van der Waals surface area contributed by atoms with E-state index in [2.05, 4.69) is 10.2 Å². The minimum Gasteiger partial charge on any atom is -0.436 e. The van der Waals surface area contributed by atoms with Gasteiger partial charge in [-0.2, -0.15) is 0 Å². The van der Waals surface area contributed by atoms with Crippen LogP contribution in [0.3, 0.4) is 0 Å². The minimum absolute atomic E-state index is 0.0601. The molecule has 3 fully saturated rings. The summed E-state index contributed by atoms with van der Waals surface area (Å²) < 4.78 is 6.05. The predicted octanol–water partition coefficient (Wildman–Crippen LogP) is 3.38. The molecule has 6 nitrogen and oxygen atoms in total. The Labute approximate surface area is 170 Å². The molecule has 3 aliphatic heterocycles. The molecule has 6 heteroatoms. The van der Waals surface area contributed by atoms with Gasteiger partial charge in [-0.1, -0.05) is 18.2 Å². The van der Waals surface area contributed by atoms with Gasteiger partial charge in [0.05, 0.1) is 11.1 Å². The maximum absolute atomic E-state index is 13.1. The third-order valence-electron chi connectivity index (χ3n) is 6.25. The number of benzene rings is 2. The minimum atomic E-state index is -0.0601. The molecule has 1 amide bonds. The molecular weight excluding hydrogens is 364 g/mol. The Morgan fingerprint density at radius 2 is 1.93 bits per heavy atom. The zero-order chi connectivity index (χ0) is 20.0. The molecule has 0 aliphatic carbocycles. The number of hydrogen-bond donors (Lipinski definition) is 1. The SMILES string of the molecule is CN(C)c1ccccc1-c1nc2c(C(=O)N[C@@H]3CN4CCC3CC4)cccc2o1. The van der Waals surface area contributed by atoms with Crippen LogP contribution in [0, 0.1) is 5.92 Å². The third kappa shape index (κ3) is 3.27. The van der Waals surface area contributed by atoms with E-state index in [0.717, 1.165) is 30.9 Å². The third-order valence-corrected chi connectivity index (χ3v) is 6.25. The smallest absolute Gasteiger partial charge is 0.253 e. The van der Waals surface area contributed by atoms with Gasteiger partial charge in [-0.05, 0) is 56.1 Å². The fourth-order valence-electron chi connectivity index (χ4n) is 4.67. The fraction of sp³-hybridized carbons (Fsp3) is 0.391. The molecule has 3 aliphatic rings. The molecule has 1 aromatic heterocycles. The van der Waals surface area contributed by atoms with Crippen molar-refractivity contribution < 1.29 is 9.21 Å². The summed E-state index contributed by atoms with van der Waals surface area (Å²) in [5, 5.41) is 3.27. The lowest BCUT2D eigenvalue weighted by Gasteiger charge is -2.44. The van der Waals surface area contributed by atoms with Crippen molar-refractivity contribution in [2.45, 2.75) is 18.9 Å². The molecule has 150 valence electrons. The molecular formula is C23H26N4O2. The highest BCUT2D eigenvalue weighted by atomic mass is 16.3. The van der Waals surface area contributed by atoms with E-state index in [1.54, 1.807) is 0 Å². The summed E-state index contributed by atoms with van der Waals surface area (Å²) >= 11 is 0. The molecule has 6 rings (SSSR count). The number of anilines is 1. The second-order valence-corrected chi connectivity index (χ2v) is 8.30. The number of piperidine rings is 3. The number of aromatic nitrogens is 1. The number of rotatable bonds is 4. The van der Waals surface area contributed by atoms with Gasteiger partial charge in [-0.25, -0.2) is 4.98 Å². The van der Waals surface area contributed by atoms with Gasteiger partial charge in [-0.15, -0.1) is 0 Å². The Balaban J connectivity index is 1.47. The molecule has 3 aromatic rings. The number of oxazole rings is 1. The van der Waals surface area contributed by atoms with Crippen LogP contribution in [0.4, 0.5) is 5.69 Å². The summed E-state index contributed by atoms with van der Waals surface area (Å²) in [6, 6.07) is 13.8. The monoisotopic (exact) mass is 390 g/mol. The number of carbonyl (C=O) groups excluding carboxylic acids is 1. The highest BCUT2D eigenvalue weighted by Crippen LogP contribution is 2.33. The van der Waals surface area contributed by atoms with Crippen molar-refractivity contribution in [2.75, 3.05) is 38.6 Å². The van der Waals surface area contributed by atoms with Gasteiger partial charge in [0.2, 0.25) is 5.89 Å².